The summed E-state index contributed by atoms with van der Waals surface area (Å²) in [6.45, 7) is 2.02. The van der Waals surface area contributed by atoms with Crippen LogP contribution in [0, 0.1) is 15.5 Å². The first-order chi connectivity index (χ1) is 16.4. The summed E-state index contributed by atoms with van der Waals surface area (Å²) in [5.74, 6) is 0.00250. The third-order valence-corrected chi connectivity index (χ3v) is 6.62. The molecular weight excluding hydrogens is 436 g/mol. The van der Waals surface area contributed by atoms with Gasteiger partial charge in [-0.25, -0.2) is 9.78 Å². The molecule has 2 aliphatic carbocycles. The number of anilines is 2. The minimum absolute atomic E-state index is 0.114. The maximum atomic E-state index is 12.7. The highest BCUT2D eigenvalue weighted by molar-refractivity contribution is 6.27. The van der Waals surface area contributed by atoms with Crippen LogP contribution in [0.25, 0.3) is 0 Å². The van der Waals surface area contributed by atoms with Crippen LogP contribution in [-0.2, 0) is 20.7 Å². The van der Waals surface area contributed by atoms with E-state index in [0.29, 0.717) is 18.5 Å². The first kappa shape index (κ1) is 23.5. The van der Waals surface area contributed by atoms with Crippen molar-refractivity contribution in [1.82, 2.24) is 4.98 Å². The second-order valence-electron chi connectivity index (χ2n) is 8.74. The minimum Gasteiger partial charge on any atom is -0.464 e. The van der Waals surface area contributed by atoms with Gasteiger partial charge in [0.05, 0.1) is 16.9 Å². The molecule has 2 saturated carbocycles. The van der Waals surface area contributed by atoms with E-state index in [0.717, 1.165) is 43.4 Å². The van der Waals surface area contributed by atoms with Crippen LogP contribution < -0.4 is 5.32 Å². The van der Waals surface area contributed by atoms with Gasteiger partial charge in [-0.15, -0.1) is 0 Å². The Labute approximate surface area is 197 Å². The Bertz CT molecular complexity index is 1110. The molecule has 1 heterocycles. The van der Waals surface area contributed by atoms with Crippen molar-refractivity contribution in [3.05, 3.63) is 58.3 Å². The van der Waals surface area contributed by atoms with Crippen molar-refractivity contribution in [1.29, 1.82) is 0 Å². The van der Waals surface area contributed by atoms with Gasteiger partial charge < -0.3 is 10.1 Å². The van der Waals surface area contributed by atoms with Crippen molar-refractivity contribution in [2.75, 3.05) is 11.9 Å². The lowest BCUT2D eigenvalue weighted by molar-refractivity contribution is -0.384. The highest BCUT2D eigenvalue weighted by Gasteiger charge is 2.52. The summed E-state index contributed by atoms with van der Waals surface area (Å²) in [4.78, 5) is 44.7. The van der Waals surface area contributed by atoms with Gasteiger partial charge in [-0.1, -0.05) is 31.4 Å². The molecule has 9 nitrogen and oxygen atoms in total. The van der Waals surface area contributed by atoms with Gasteiger partial charge in [0.15, 0.2) is 6.04 Å². The quantitative estimate of drug-likeness (QED) is 0.345. The summed E-state index contributed by atoms with van der Waals surface area (Å²) in [5.41, 5.74) is 1.77. The summed E-state index contributed by atoms with van der Waals surface area (Å²) in [6.07, 6.45) is 6.94. The normalized spacial score (nSPS) is 18.9. The largest absolute Gasteiger partial charge is 0.464 e. The molecular formula is C25H28N4O5. The van der Waals surface area contributed by atoms with Gasteiger partial charge in [0.25, 0.3) is 0 Å². The first-order valence-electron chi connectivity index (χ1n) is 11.7. The number of Topliss-reactive ketones (excluding diaryl/α,β-unsaturated/α-hetero) is 1. The number of ether oxygens (including phenoxy) is 1. The van der Waals surface area contributed by atoms with E-state index in [-0.39, 0.29) is 23.9 Å². The van der Waals surface area contributed by atoms with Gasteiger partial charge in [-0.05, 0) is 43.5 Å². The Hall–Kier alpha value is -3.62. The number of benzene rings is 1. The fourth-order valence-corrected chi connectivity index (χ4v) is 4.77. The number of carbonyl (C=O) groups excluding carboxylic acids is 2. The number of nitrogens with one attached hydrogen (secondary N) is 1. The maximum absolute atomic E-state index is 12.7. The number of aliphatic imine (C=N–C) groups is 1. The fraction of sp³-hybridized carbons (Fsp3) is 0.440. The SMILES string of the molecule is CCOC(=O)[C@H](Cc1ccc(Nc2ncccc2[N+](=O)[O-])cc1)N=C1CC(=O)C12CCCCC2. The van der Waals surface area contributed by atoms with Gasteiger partial charge >= 0.3 is 11.7 Å². The summed E-state index contributed by atoms with van der Waals surface area (Å²) >= 11 is 0. The van der Waals surface area contributed by atoms with Gasteiger partial charge in [0, 0.05) is 36.5 Å². The average Bonchev–Trinajstić information content (AvgIpc) is 2.85. The highest BCUT2D eigenvalue weighted by atomic mass is 16.6. The van der Waals surface area contributed by atoms with Crippen LogP contribution >= 0.6 is 0 Å². The van der Waals surface area contributed by atoms with Crippen LogP contribution in [0.3, 0.4) is 0 Å². The molecule has 2 aromatic rings. The zero-order valence-corrected chi connectivity index (χ0v) is 19.2. The monoisotopic (exact) mass is 464 g/mol. The lowest BCUT2D eigenvalue weighted by Gasteiger charge is -2.44. The molecule has 34 heavy (non-hydrogen) atoms. The number of rotatable bonds is 8. The predicted octanol–water partition coefficient (Wildman–Crippen LogP) is 4.57. The van der Waals surface area contributed by atoms with Crippen LogP contribution in [0.1, 0.15) is 51.0 Å². The minimum atomic E-state index is -0.711. The van der Waals surface area contributed by atoms with Crippen molar-refractivity contribution in [3.63, 3.8) is 0 Å². The van der Waals surface area contributed by atoms with Crippen LogP contribution in [0.2, 0.25) is 0 Å². The Kier molecular flexibility index (Phi) is 7.00. The molecule has 1 atom stereocenters. The molecule has 9 heteroatoms. The highest BCUT2D eigenvalue weighted by Crippen LogP contribution is 2.47. The molecule has 1 N–H and O–H groups in total. The number of pyridine rings is 1. The molecule has 1 aromatic heterocycles. The van der Waals surface area contributed by atoms with E-state index in [1.807, 2.05) is 12.1 Å². The van der Waals surface area contributed by atoms with Crippen molar-refractivity contribution >= 4 is 34.7 Å². The van der Waals surface area contributed by atoms with Crippen LogP contribution in [0.5, 0.6) is 0 Å². The first-order valence-corrected chi connectivity index (χ1v) is 11.7. The van der Waals surface area contributed by atoms with Crippen LogP contribution in [0.15, 0.2) is 47.6 Å². The third kappa shape index (κ3) is 4.83. The number of aromatic nitrogens is 1. The van der Waals surface area contributed by atoms with Crippen molar-refractivity contribution in [2.45, 2.75) is 57.9 Å². The number of carbonyl (C=O) groups is 2. The van der Waals surface area contributed by atoms with E-state index in [4.69, 9.17) is 9.73 Å². The van der Waals surface area contributed by atoms with Crippen molar-refractivity contribution < 1.29 is 19.2 Å². The second-order valence-corrected chi connectivity index (χ2v) is 8.74. The molecule has 0 unspecified atom stereocenters. The summed E-state index contributed by atoms with van der Waals surface area (Å²) in [7, 11) is 0. The van der Waals surface area contributed by atoms with Crippen LogP contribution in [-0.4, -0.2) is 40.0 Å². The molecule has 2 fully saturated rings. The molecule has 178 valence electrons. The van der Waals surface area contributed by atoms with E-state index in [9.17, 15) is 19.7 Å². The predicted molar refractivity (Wildman–Crippen MR) is 127 cm³/mol. The van der Waals surface area contributed by atoms with E-state index < -0.39 is 22.3 Å². The fourth-order valence-electron chi connectivity index (χ4n) is 4.77. The van der Waals surface area contributed by atoms with Gasteiger partial charge in [-0.2, -0.15) is 0 Å². The smallest absolute Gasteiger partial charge is 0.331 e. The standard InChI is InChI=1S/C25H28N4O5/c1-2-34-24(31)19(28-21-16-22(30)25(21)12-4-3-5-13-25)15-17-8-10-18(11-9-17)27-23-20(29(32)33)7-6-14-26-23/h6-11,14,19H,2-5,12-13,15-16H2,1H3,(H,26,27)/t19-/m0/s1. The number of ketones is 1. The van der Waals surface area contributed by atoms with Gasteiger partial charge in [0.2, 0.25) is 5.82 Å². The lowest BCUT2D eigenvalue weighted by atomic mass is 9.58. The Balaban J connectivity index is 1.51. The van der Waals surface area contributed by atoms with E-state index in [1.165, 1.54) is 18.3 Å². The maximum Gasteiger partial charge on any atom is 0.331 e. The number of nitro groups is 1. The van der Waals surface area contributed by atoms with E-state index >= 15 is 0 Å². The zero-order chi connectivity index (χ0) is 24.1. The number of hydrogen-bond acceptors (Lipinski definition) is 8. The molecule has 0 bridgehead atoms. The van der Waals surface area contributed by atoms with Crippen LogP contribution in [0.4, 0.5) is 17.2 Å². The third-order valence-electron chi connectivity index (χ3n) is 6.62. The number of esters is 1. The Morgan fingerprint density at radius 2 is 1.97 bits per heavy atom. The van der Waals surface area contributed by atoms with Crippen molar-refractivity contribution in [3.8, 4) is 0 Å². The Morgan fingerprint density at radius 1 is 1.24 bits per heavy atom. The van der Waals surface area contributed by atoms with Gasteiger partial charge in [-0.3, -0.25) is 19.9 Å². The molecule has 0 amide bonds. The molecule has 4 rings (SSSR count). The number of hydrogen-bond donors (Lipinski definition) is 1. The molecule has 0 aliphatic heterocycles. The summed E-state index contributed by atoms with van der Waals surface area (Å²) in [5, 5.41) is 14.2. The molecule has 1 spiro atoms. The zero-order valence-electron chi connectivity index (χ0n) is 19.2. The molecule has 2 aliphatic rings. The molecule has 0 saturated heterocycles. The lowest BCUT2D eigenvalue weighted by Crippen LogP contribution is -2.52. The topological polar surface area (TPSA) is 124 Å². The van der Waals surface area contributed by atoms with Gasteiger partial charge in [0.1, 0.15) is 5.78 Å². The number of nitrogens with zero attached hydrogens (tertiary/aromatic N) is 3. The van der Waals surface area contributed by atoms with Crippen molar-refractivity contribution in [2.24, 2.45) is 10.4 Å². The van der Waals surface area contributed by atoms with E-state index in [1.54, 1.807) is 19.1 Å². The second kappa shape index (κ2) is 10.1. The summed E-state index contributed by atoms with van der Waals surface area (Å²) < 4.78 is 5.27. The summed E-state index contributed by atoms with van der Waals surface area (Å²) in [6, 6.07) is 9.42. The average molecular weight is 465 g/mol. The molecule has 0 radical (unpaired) electrons. The Morgan fingerprint density at radius 3 is 2.62 bits per heavy atom. The molecule has 1 aromatic carbocycles. The van der Waals surface area contributed by atoms with E-state index in [2.05, 4.69) is 10.3 Å².